The van der Waals surface area contributed by atoms with Gasteiger partial charge < -0.3 is 14.8 Å². The molecule has 0 spiro atoms. The first kappa shape index (κ1) is 12.1. The van der Waals surface area contributed by atoms with Gasteiger partial charge >= 0.3 is 5.97 Å². The van der Waals surface area contributed by atoms with E-state index >= 15 is 0 Å². The van der Waals surface area contributed by atoms with Crippen LogP contribution in [0, 0.1) is 0 Å². The molecule has 0 aromatic heterocycles. The summed E-state index contributed by atoms with van der Waals surface area (Å²) in [7, 11) is 4.74. The Hall–Kier alpha value is -1.97. The van der Waals surface area contributed by atoms with Crippen molar-refractivity contribution < 1.29 is 14.3 Å². The van der Waals surface area contributed by atoms with Crippen LogP contribution < -0.4 is 10.1 Å². The zero-order valence-electron chi connectivity index (χ0n) is 9.61. The molecule has 4 nitrogen and oxygen atoms in total. The molecule has 4 heteroatoms. The second-order valence-corrected chi connectivity index (χ2v) is 3.03. The molecule has 0 atom stereocenters. The molecule has 0 unspecified atom stereocenters. The Labute approximate surface area is 94.9 Å². The Morgan fingerprint density at radius 2 is 2.12 bits per heavy atom. The third kappa shape index (κ3) is 2.76. The summed E-state index contributed by atoms with van der Waals surface area (Å²) < 4.78 is 9.74. The number of ether oxygens (including phenoxy) is 2. The Morgan fingerprint density at radius 1 is 1.38 bits per heavy atom. The molecule has 0 aliphatic heterocycles. The average molecular weight is 221 g/mol. The maximum Gasteiger partial charge on any atom is 0.330 e. The summed E-state index contributed by atoms with van der Waals surface area (Å²) in [5.74, 6) is 0.306. The number of carbonyl (C=O) groups excluding carboxylic acids is 1. The van der Waals surface area contributed by atoms with Crippen LogP contribution in [0.2, 0.25) is 0 Å². The maximum absolute atomic E-state index is 11.0. The van der Waals surface area contributed by atoms with Gasteiger partial charge in [0.05, 0.1) is 14.2 Å². The van der Waals surface area contributed by atoms with E-state index in [2.05, 4.69) is 10.1 Å². The molecular formula is C12H15NO3. The minimum absolute atomic E-state index is 0.395. The number of anilines is 1. The van der Waals surface area contributed by atoms with E-state index in [1.54, 1.807) is 13.2 Å². The quantitative estimate of drug-likeness (QED) is 0.623. The predicted molar refractivity (Wildman–Crippen MR) is 63.6 cm³/mol. The molecule has 0 radical (unpaired) electrons. The van der Waals surface area contributed by atoms with Gasteiger partial charge in [0, 0.05) is 24.4 Å². The lowest BCUT2D eigenvalue weighted by atomic mass is 10.1. The van der Waals surface area contributed by atoms with Crippen molar-refractivity contribution in [2.45, 2.75) is 0 Å². The van der Waals surface area contributed by atoms with E-state index in [0.29, 0.717) is 5.75 Å². The lowest BCUT2D eigenvalue weighted by Crippen LogP contribution is -1.97. The number of carbonyl (C=O) groups is 1. The zero-order valence-corrected chi connectivity index (χ0v) is 9.61. The van der Waals surface area contributed by atoms with Crippen LogP contribution in [0.4, 0.5) is 5.69 Å². The van der Waals surface area contributed by atoms with Crippen molar-refractivity contribution in [3.63, 3.8) is 0 Å². The average Bonchev–Trinajstić information content (AvgIpc) is 2.35. The molecule has 16 heavy (non-hydrogen) atoms. The fraction of sp³-hybridized carbons (Fsp3) is 0.250. The number of nitrogens with one attached hydrogen (secondary N) is 1. The molecule has 1 N–H and O–H groups in total. The van der Waals surface area contributed by atoms with E-state index in [1.807, 2.05) is 25.2 Å². The smallest absolute Gasteiger partial charge is 0.330 e. The monoisotopic (exact) mass is 221 g/mol. The van der Waals surface area contributed by atoms with Crippen LogP contribution in [0.1, 0.15) is 5.56 Å². The van der Waals surface area contributed by atoms with Crippen LogP contribution in [0.25, 0.3) is 6.08 Å². The fourth-order valence-electron chi connectivity index (χ4n) is 1.33. The number of esters is 1. The van der Waals surface area contributed by atoms with Crippen molar-refractivity contribution in [2.24, 2.45) is 0 Å². The van der Waals surface area contributed by atoms with Gasteiger partial charge in [0.1, 0.15) is 5.75 Å². The Morgan fingerprint density at radius 3 is 2.69 bits per heavy atom. The van der Waals surface area contributed by atoms with E-state index in [9.17, 15) is 4.79 Å². The van der Waals surface area contributed by atoms with E-state index in [4.69, 9.17) is 4.74 Å². The van der Waals surface area contributed by atoms with Crippen LogP contribution >= 0.6 is 0 Å². The van der Waals surface area contributed by atoms with Gasteiger partial charge in [0.25, 0.3) is 0 Å². The highest BCUT2D eigenvalue weighted by Crippen LogP contribution is 2.27. The van der Waals surface area contributed by atoms with Crippen molar-refractivity contribution in [1.82, 2.24) is 0 Å². The molecule has 1 aromatic rings. The van der Waals surface area contributed by atoms with Crippen molar-refractivity contribution in [3.8, 4) is 5.75 Å². The number of benzene rings is 1. The van der Waals surface area contributed by atoms with E-state index in [0.717, 1.165) is 11.3 Å². The highest BCUT2D eigenvalue weighted by atomic mass is 16.5. The fourth-order valence-corrected chi connectivity index (χ4v) is 1.33. The summed E-state index contributed by atoms with van der Waals surface area (Å²) in [6.45, 7) is 0. The first-order valence-electron chi connectivity index (χ1n) is 4.83. The number of rotatable bonds is 4. The Balaban J connectivity index is 3.08. The van der Waals surface area contributed by atoms with Gasteiger partial charge in [-0.2, -0.15) is 0 Å². The first-order valence-corrected chi connectivity index (χ1v) is 4.83. The Bertz CT molecular complexity index is 377. The lowest BCUT2D eigenvalue weighted by molar-refractivity contribution is -0.134. The van der Waals surface area contributed by atoms with Gasteiger partial charge in [0.15, 0.2) is 0 Å². The molecule has 86 valence electrons. The molecule has 0 bridgehead atoms. The molecule has 0 heterocycles. The number of hydrogen-bond donors (Lipinski definition) is 1. The highest BCUT2D eigenvalue weighted by Gasteiger charge is 2.05. The standard InChI is InChI=1S/C12H15NO3/c1-13-10-5-4-6-11(15-2)9(10)7-8-12(14)16-3/h4-8,13H,1-3H3/b8-7+. The topological polar surface area (TPSA) is 47.6 Å². The summed E-state index contributed by atoms with van der Waals surface area (Å²) >= 11 is 0. The van der Waals surface area contributed by atoms with Crippen molar-refractivity contribution in [2.75, 3.05) is 26.6 Å². The van der Waals surface area contributed by atoms with E-state index < -0.39 is 5.97 Å². The third-order valence-corrected chi connectivity index (χ3v) is 2.14. The van der Waals surface area contributed by atoms with Crippen molar-refractivity contribution >= 4 is 17.7 Å². The van der Waals surface area contributed by atoms with Crippen LogP contribution in [0.5, 0.6) is 5.75 Å². The van der Waals surface area contributed by atoms with Crippen LogP contribution in [-0.2, 0) is 9.53 Å². The normalized spacial score (nSPS) is 10.2. The summed E-state index contributed by atoms with van der Waals surface area (Å²) in [5.41, 5.74) is 1.71. The number of hydrogen-bond acceptors (Lipinski definition) is 4. The highest BCUT2D eigenvalue weighted by molar-refractivity contribution is 5.89. The molecule has 0 saturated heterocycles. The molecule has 0 aliphatic carbocycles. The third-order valence-electron chi connectivity index (χ3n) is 2.14. The summed E-state index contributed by atoms with van der Waals surface area (Å²) in [4.78, 5) is 11.0. The minimum atomic E-state index is -0.395. The summed E-state index contributed by atoms with van der Waals surface area (Å²) in [6, 6.07) is 5.61. The second kappa shape index (κ2) is 5.80. The lowest BCUT2D eigenvalue weighted by Gasteiger charge is -2.09. The van der Waals surface area contributed by atoms with Gasteiger partial charge in [-0.15, -0.1) is 0 Å². The van der Waals surface area contributed by atoms with Gasteiger partial charge in [-0.05, 0) is 18.2 Å². The predicted octanol–water partition coefficient (Wildman–Crippen LogP) is 1.92. The molecular weight excluding hydrogens is 206 g/mol. The van der Waals surface area contributed by atoms with Crippen molar-refractivity contribution in [3.05, 3.63) is 29.8 Å². The summed E-state index contributed by atoms with van der Waals surface area (Å²) in [5, 5.41) is 3.03. The van der Waals surface area contributed by atoms with Gasteiger partial charge in [0.2, 0.25) is 0 Å². The van der Waals surface area contributed by atoms with Crippen LogP contribution in [-0.4, -0.2) is 27.2 Å². The largest absolute Gasteiger partial charge is 0.496 e. The van der Waals surface area contributed by atoms with Gasteiger partial charge in [-0.25, -0.2) is 4.79 Å². The molecule has 1 aromatic carbocycles. The molecule has 1 rings (SSSR count). The van der Waals surface area contributed by atoms with E-state index in [1.165, 1.54) is 13.2 Å². The van der Waals surface area contributed by atoms with Crippen molar-refractivity contribution in [1.29, 1.82) is 0 Å². The minimum Gasteiger partial charge on any atom is -0.496 e. The summed E-state index contributed by atoms with van der Waals surface area (Å²) in [6.07, 6.45) is 3.02. The van der Waals surface area contributed by atoms with E-state index in [-0.39, 0.29) is 0 Å². The molecule has 0 aliphatic rings. The number of methoxy groups -OCH3 is 2. The van der Waals surface area contributed by atoms with Gasteiger partial charge in [-0.3, -0.25) is 0 Å². The van der Waals surface area contributed by atoms with Crippen LogP contribution in [0.15, 0.2) is 24.3 Å². The molecule has 0 fully saturated rings. The second-order valence-electron chi connectivity index (χ2n) is 3.03. The Kier molecular flexibility index (Phi) is 4.39. The zero-order chi connectivity index (χ0) is 12.0. The van der Waals surface area contributed by atoms with Gasteiger partial charge in [-0.1, -0.05) is 6.07 Å². The molecule has 0 amide bonds. The molecule has 0 saturated carbocycles. The first-order chi connectivity index (χ1) is 7.72. The maximum atomic E-state index is 11.0. The SMILES string of the molecule is CNc1cccc(OC)c1/C=C/C(=O)OC. The van der Waals surface area contributed by atoms with Crippen LogP contribution in [0.3, 0.4) is 0 Å².